The summed E-state index contributed by atoms with van der Waals surface area (Å²) in [5.41, 5.74) is 5.19. The van der Waals surface area contributed by atoms with Crippen molar-refractivity contribution < 1.29 is 19.4 Å². The second kappa shape index (κ2) is 9.29. The summed E-state index contributed by atoms with van der Waals surface area (Å²) in [7, 11) is 0. The summed E-state index contributed by atoms with van der Waals surface area (Å²) in [4.78, 5) is 24.6. The van der Waals surface area contributed by atoms with E-state index in [1.54, 1.807) is 28.8 Å². The van der Waals surface area contributed by atoms with Gasteiger partial charge in [0, 0.05) is 22.3 Å². The van der Waals surface area contributed by atoms with Crippen LogP contribution in [0.4, 0.5) is 5.69 Å². The zero-order valence-corrected chi connectivity index (χ0v) is 19.8. The summed E-state index contributed by atoms with van der Waals surface area (Å²) in [6, 6.07) is 23.1. The van der Waals surface area contributed by atoms with Crippen LogP contribution in [0.25, 0.3) is 10.9 Å². The van der Waals surface area contributed by atoms with Crippen LogP contribution in [0.5, 0.6) is 5.75 Å². The van der Waals surface area contributed by atoms with Gasteiger partial charge in [0.1, 0.15) is 11.9 Å². The van der Waals surface area contributed by atoms with E-state index in [-0.39, 0.29) is 24.5 Å². The number of carbonyl (C=O) groups excluding carboxylic acids is 1. The Labute approximate surface area is 204 Å². The number of nitrogens with one attached hydrogen (secondary N) is 1. The summed E-state index contributed by atoms with van der Waals surface area (Å²) < 4.78 is 7.96. The highest BCUT2D eigenvalue weighted by atomic mass is 16.5. The molecule has 6 nitrogen and oxygen atoms in total. The summed E-state index contributed by atoms with van der Waals surface area (Å²) in [6.07, 6.45) is 1.71. The van der Waals surface area contributed by atoms with Crippen LogP contribution in [0.3, 0.4) is 0 Å². The fourth-order valence-electron chi connectivity index (χ4n) is 4.99. The number of anilines is 1. The van der Waals surface area contributed by atoms with Crippen LogP contribution in [0.15, 0.2) is 72.8 Å². The fourth-order valence-corrected chi connectivity index (χ4v) is 4.99. The number of fused-ring (bicyclic) bond motifs is 2. The highest BCUT2D eigenvalue weighted by Crippen LogP contribution is 2.30. The van der Waals surface area contributed by atoms with Crippen LogP contribution < -0.4 is 10.1 Å². The van der Waals surface area contributed by atoms with Gasteiger partial charge in [0.05, 0.1) is 18.0 Å². The first-order chi connectivity index (χ1) is 16.9. The molecule has 6 heteroatoms. The third-order valence-corrected chi connectivity index (χ3v) is 6.70. The molecular weight excluding hydrogens is 440 g/mol. The highest BCUT2D eigenvalue weighted by Gasteiger charge is 2.28. The van der Waals surface area contributed by atoms with Crippen LogP contribution in [-0.2, 0) is 17.6 Å². The molecule has 2 heterocycles. The molecule has 2 atom stereocenters. The van der Waals surface area contributed by atoms with E-state index in [0.29, 0.717) is 16.6 Å². The quantitative estimate of drug-likeness (QED) is 0.377. The van der Waals surface area contributed by atoms with Gasteiger partial charge in [0.25, 0.3) is 5.91 Å². The van der Waals surface area contributed by atoms with Crippen molar-refractivity contribution >= 4 is 28.5 Å². The molecular formula is C29H28N2O4. The molecule has 0 saturated carbocycles. The molecule has 35 heavy (non-hydrogen) atoms. The van der Waals surface area contributed by atoms with Crippen molar-refractivity contribution in [1.82, 2.24) is 4.57 Å². The van der Waals surface area contributed by atoms with E-state index in [1.807, 2.05) is 37.3 Å². The lowest BCUT2D eigenvalue weighted by atomic mass is 10.0. The average molecular weight is 469 g/mol. The van der Waals surface area contributed by atoms with Gasteiger partial charge in [-0.1, -0.05) is 37.3 Å². The number of hydrogen-bond acceptors (Lipinski definition) is 4. The minimum atomic E-state index is -0.896. The van der Waals surface area contributed by atoms with Crippen molar-refractivity contribution in [3.8, 4) is 5.75 Å². The van der Waals surface area contributed by atoms with Crippen molar-refractivity contribution in [1.29, 1.82) is 0 Å². The molecule has 0 spiro atoms. The van der Waals surface area contributed by atoms with Crippen LogP contribution in [0.2, 0.25) is 0 Å². The molecule has 2 unspecified atom stereocenters. The molecule has 0 saturated heterocycles. The van der Waals surface area contributed by atoms with E-state index in [9.17, 15) is 14.7 Å². The molecule has 3 aromatic carbocycles. The number of rotatable bonds is 7. The zero-order valence-electron chi connectivity index (χ0n) is 19.8. The molecule has 178 valence electrons. The van der Waals surface area contributed by atoms with E-state index < -0.39 is 5.97 Å². The van der Waals surface area contributed by atoms with Gasteiger partial charge in [-0.15, -0.1) is 0 Å². The first-order valence-electron chi connectivity index (χ1n) is 11.9. The second-order valence-corrected chi connectivity index (χ2v) is 9.05. The lowest BCUT2D eigenvalue weighted by molar-refractivity contribution is -0.136. The maximum atomic E-state index is 13.4. The monoisotopic (exact) mass is 468 g/mol. The average Bonchev–Trinajstić information content (AvgIpc) is 3.43. The molecule has 5 rings (SSSR count). The number of carboxylic acid groups (broad SMARTS) is 1. The molecule has 0 bridgehead atoms. The van der Waals surface area contributed by atoms with Crippen LogP contribution in [0, 0.1) is 6.92 Å². The first kappa shape index (κ1) is 22.7. The number of carbonyl (C=O) groups is 2. The number of ether oxygens (including phenoxy) is 1. The van der Waals surface area contributed by atoms with Gasteiger partial charge in [-0.2, -0.15) is 0 Å². The molecule has 2 N–H and O–H groups in total. The predicted molar refractivity (Wildman–Crippen MR) is 136 cm³/mol. The fraction of sp³-hybridized carbons (Fsp3) is 0.241. The molecule has 0 radical (unpaired) electrons. The van der Waals surface area contributed by atoms with Gasteiger partial charge in [0.15, 0.2) is 0 Å². The van der Waals surface area contributed by atoms with Crippen molar-refractivity contribution in [2.75, 3.05) is 5.32 Å². The number of benzene rings is 3. The van der Waals surface area contributed by atoms with E-state index in [0.717, 1.165) is 29.7 Å². The molecule has 0 amide bonds. The third-order valence-electron chi connectivity index (χ3n) is 6.70. The van der Waals surface area contributed by atoms with Gasteiger partial charge >= 0.3 is 5.97 Å². The summed E-state index contributed by atoms with van der Waals surface area (Å²) in [5.74, 6) is -0.327. The van der Waals surface area contributed by atoms with Crippen LogP contribution in [0.1, 0.15) is 40.5 Å². The number of aliphatic carboxylic acids is 1. The maximum absolute atomic E-state index is 13.4. The van der Waals surface area contributed by atoms with E-state index in [1.165, 1.54) is 11.3 Å². The number of aromatic nitrogens is 1. The zero-order chi connectivity index (χ0) is 24.5. The summed E-state index contributed by atoms with van der Waals surface area (Å²) in [6.45, 7) is 3.98. The number of carboxylic acids is 1. The Hall–Kier alpha value is -4.06. The Morgan fingerprint density at radius 3 is 2.57 bits per heavy atom. The third kappa shape index (κ3) is 4.39. The predicted octanol–water partition coefficient (Wildman–Crippen LogP) is 5.46. The van der Waals surface area contributed by atoms with E-state index in [4.69, 9.17) is 4.74 Å². The van der Waals surface area contributed by atoms with Crippen molar-refractivity contribution in [2.24, 2.45) is 0 Å². The first-order valence-corrected chi connectivity index (χ1v) is 11.9. The lowest BCUT2D eigenvalue weighted by Gasteiger charge is -2.24. The Kier molecular flexibility index (Phi) is 6.03. The van der Waals surface area contributed by atoms with Crippen LogP contribution >= 0.6 is 0 Å². The number of nitrogens with zero attached hydrogens (tertiary/aromatic N) is 1. The normalized spacial score (nSPS) is 15.4. The lowest BCUT2D eigenvalue weighted by Crippen LogP contribution is -2.36. The standard InChI is InChI=1S/C29H28N2O4/c1-3-27(25-16-21-7-4-5-9-24(21)30-25)35-22-13-11-19(12-14-22)29(34)31-18(2)15-23-20(17-28(32)33)8-6-10-26(23)31/h4-15,25,27,30H,3,16-17H2,1-2H3,(H,32,33). The maximum Gasteiger partial charge on any atom is 0.307 e. The van der Waals surface area contributed by atoms with Crippen LogP contribution in [-0.4, -0.2) is 33.7 Å². The van der Waals surface area contributed by atoms with Crippen molar-refractivity contribution in [3.05, 3.63) is 95.2 Å². The molecule has 0 fully saturated rings. The largest absolute Gasteiger partial charge is 0.488 e. The Morgan fingerprint density at radius 1 is 1.09 bits per heavy atom. The SMILES string of the molecule is CCC(Oc1ccc(C(=O)n2c(C)cc3c(CC(=O)O)cccc32)cc1)C1Cc2ccccc2N1. The topological polar surface area (TPSA) is 80.6 Å². The molecule has 1 aliphatic heterocycles. The number of aryl methyl sites for hydroxylation is 1. The van der Waals surface area contributed by atoms with Crippen molar-refractivity contribution in [2.45, 2.75) is 45.3 Å². The van der Waals surface area contributed by atoms with E-state index in [2.05, 4.69) is 30.4 Å². The van der Waals surface area contributed by atoms with E-state index >= 15 is 0 Å². The summed E-state index contributed by atoms with van der Waals surface area (Å²) in [5, 5.41) is 13.6. The van der Waals surface area contributed by atoms with Gasteiger partial charge in [0.2, 0.25) is 0 Å². The Bertz CT molecular complexity index is 1380. The Balaban J connectivity index is 1.34. The summed E-state index contributed by atoms with van der Waals surface area (Å²) >= 11 is 0. The number of hydrogen-bond donors (Lipinski definition) is 2. The van der Waals surface area contributed by atoms with Gasteiger partial charge in [-0.3, -0.25) is 14.2 Å². The van der Waals surface area contributed by atoms with Gasteiger partial charge in [-0.05, 0) is 73.4 Å². The second-order valence-electron chi connectivity index (χ2n) is 9.05. The minimum Gasteiger partial charge on any atom is -0.488 e. The van der Waals surface area contributed by atoms with Gasteiger partial charge < -0.3 is 15.2 Å². The molecule has 0 aliphatic carbocycles. The molecule has 1 aromatic heterocycles. The molecule has 4 aromatic rings. The van der Waals surface area contributed by atoms with Gasteiger partial charge in [-0.25, -0.2) is 0 Å². The number of para-hydroxylation sites is 1. The molecule has 1 aliphatic rings. The smallest absolute Gasteiger partial charge is 0.307 e. The Morgan fingerprint density at radius 2 is 1.86 bits per heavy atom. The highest BCUT2D eigenvalue weighted by molar-refractivity contribution is 6.04. The minimum absolute atomic E-state index is 0.00671. The van der Waals surface area contributed by atoms with Crippen molar-refractivity contribution in [3.63, 3.8) is 0 Å².